The van der Waals surface area contributed by atoms with Gasteiger partial charge in [0.05, 0.1) is 23.7 Å². The molecule has 1 amide bonds. The van der Waals surface area contributed by atoms with E-state index in [9.17, 15) is 23.1 Å². The van der Waals surface area contributed by atoms with Crippen LogP contribution in [0, 0.1) is 5.41 Å². The summed E-state index contributed by atoms with van der Waals surface area (Å²) in [7, 11) is 0. The molecule has 0 aromatic heterocycles. The Labute approximate surface area is 156 Å². The van der Waals surface area contributed by atoms with Gasteiger partial charge >= 0.3 is 6.36 Å². The Morgan fingerprint density at radius 3 is 2.48 bits per heavy atom. The van der Waals surface area contributed by atoms with Gasteiger partial charge in [-0.05, 0) is 63.8 Å². The summed E-state index contributed by atoms with van der Waals surface area (Å²) in [5.41, 5.74) is -0.0428. The molecule has 1 spiro atoms. The van der Waals surface area contributed by atoms with Gasteiger partial charge < -0.3 is 19.5 Å². The lowest BCUT2D eigenvalue weighted by atomic mass is 9.70. The van der Waals surface area contributed by atoms with Gasteiger partial charge in [0.2, 0.25) is 5.91 Å². The first kappa shape index (κ1) is 19.9. The van der Waals surface area contributed by atoms with Gasteiger partial charge in [0.15, 0.2) is 0 Å². The first-order valence-electron chi connectivity index (χ1n) is 9.11. The van der Waals surface area contributed by atoms with E-state index in [1.54, 1.807) is 4.90 Å². The van der Waals surface area contributed by atoms with Gasteiger partial charge in [-0.2, -0.15) is 0 Å². The summed E-state index contributed by atoms with van der Waals surface area (Å²) in [5.74, 6) is -0.380. The molecule has 1 aliphatic heterocycles. The van der Waals surface area contributed by atoms with Crippen molar-refractivity contribution in [3.63, 3.8) is 0 Å². The molecule has 3 atom stereocenters. The standard InChI is InChI=1S/C19H24F3NO4/c1-12(2)26-16-11-18(8-7-15(16)24)9-10-23(17(18)25)13-3-5-14(6-4-13)27-19(20,21)22/h3-6,12,15-16,24H,7-11H2,1-2H3/t15-,16-,18-/m1/s1. The van der Waals surface area contributed by atoms with E-state index in [4.69, 9.17) is 4.74 Å². The van der Waals surface area contributed by atoms with Crippen LogP contribution in [0.4, 0.5) is 18.9 Å². The number of halogens is 3. The van der Waals surface area contributed by atoms with Gasteiger partial charge in [-0.25, -0.2) is 0 Å². The van der Waals surface area contributed by atoms with Crippen LogP contribution in [0.5, 0.6) is 5.75 Å². The van der Waals surface area contributed by atoms with E-state index in [0.29, 0.717) is 37.9 Å². The summed E-state index contributed by atoms with van der Waals surface area (Å²) >= 11 is 0. The first-order chi connectivity index (χ1) is 12.6. The van der Waals surface area contributed by atoms with Crippen LogP contribution in [0.3, 0.4) is 0 Å². The predicted molar refractivity (Wildman–Crippen MR) is 92.4 cm³/mol. The summed E-state index contributed by atoms with van der Waals surface area (Å²) in [6.07, 6.45) is -3.60. The van der Waals surface area contributed by atoms with E-state index in [1.165, 1.54) is 24.3 Å². The van der Waals surface area contributed by atoms with Crippen molar-refractivity contribution in [2.24, 2.45) is 5.41 Å². The van der Waals surface area contributed by atoms with E-state index >= 15 is 0 Å². The van der Waals surface area contributed by atoms with E-state index in [0.717, 1.165) is 0 Å². The molecule has 0 unspecified atom stereocenters. The smallest absolute Gasteiger partial charge is 0.406 e. The number of nitrogens with zero attached hydrogens (tertiary/aromatic N) is 1. The normalized spacial score (nSPS) is 29.0. The molecule has 1 N–H and O–H groups in total. The summed E-state index contributed by atoms with van der Waals surface area (Å²) < 4.78 is 46.5. The quantitative estimate of drug-likeness (QED) is 0.857. The Balaban J connectivity index is 1.72. The van der Waals surface area contributed by atoms with E-state index in [1.807, 2.05) is 13.8 Å². The molecule has 150 valence electrons. The van der Waals surface area contributed by atoms with Crippen LogP contribution < -0.4 is 9.64 Å². The number of hydrogen-bond donors (Lipinski definition) is 1. The highest BCUT2D eigenvalue weighted by Gasteiger charge is 2.51. The zero-order valence-corrected chi connectivity index (χ0v) is 15.3. The minimum atomic E-state index is -4.75. The minimum absolute atomic E-state index is 0.0476. The second-order valence-corrected chi connectivity index (χ2v) is 7.56. The van der Waals surface area contributed by atoms with Crippen LogP contribution in [0.25, 0.3) is 0 Å². The molecular weight excluding hydrogens is 363 g/mol. The van der Waals surface area contributed by atoms with Crippen molar-refractivity contribution in [1.29, 1.82) is 0 Å². The molecule has 1 heterocycles. The fourth-order valence-corrected chi connectivity index (χ4v) is 4.04. The van der Waals surface area contributed by atoms with Crippen LogP contribution in [-0.4, -0.2) is 42.2 Å². The zero-order chi connectivity index (χ0) is 19.8. The van der Waals surface area contributed by atoms with Crippen molar-refractivity contribution in [2.45, 2.75) is 64.2 Å². The number of rotatable bonds is 4. The third-order valence-electron chi connectivity index (χ3n) is 5.28. The largest absolute Gasteiger partial charge is 0.573 e. The molecule has 1 aliphatic carbocycles. The Morgan fingerprint density at radius 1 is 1.22 bits per heavy atom. The van der Waals surface area contributed by atoms with Crippen molar-refractivity contribution >= 4 is 11.6 Å². The van der Waals surface area contributed by atoms with Crippen LogP contribution in [0.2, 0.25) is 0 Å². The van der Waals surface area contributed by atoms with Gasteiger partial charge in [-0.3, -0.25) is 4.79 Å². The molecule has 3 rings (SSSR count). The average Bonchev–Trinajstić information content (AvgIpc) is 2.87. The average molecular weight is 387 g/mol. The number of anilines is 1. The van der Waals surface area contributed by atoms with E-state index in [-0.39, 0.29) is 23.9 Å². The maximum absolute atomic E-state index is 13.1. The number of ether oxygens (including phenoxy) is 2. The molecule has 1 saturated carbocycles. The topological polar surface area (TPSA) is 59.0 Å². The predicted octanol–water partition coefficient (Wildman–Crippen LogP) is 3.65. The number of benzene rings is 1. The number of alkyl halides is 3. The molecule has 1 aromatic rings. The number of aliphatic hydroxyl groups is 1. The van der Waals surface area contributed by atoms with E-state index < -0.39 is 17.9 Å². The van der Waals surface area contributed by atoms with Crippen molar-refractivity contribution < 1.29 is 32.5 Å². The van der Waals surface area contributed by atoms with Crippen LogP contribution in [0.1, 0.15) is 39.5 Å². The SMILES string of the molecule is CC(C)O[C@@H]1C[C@@]2(CC[C@H]1O)CCN(c1ccc(OC(F)(F)F)cc1)C2=O. The van der Waals surface area contributed by atoms with Crippen molar-refractivity contribution in [1.82, 2.24) is 0 Å². The molecule has 1 saturated heterocycles. The van der Waals surface area contributed by atoms with Gasteiger partial charge in [0.1, 0.15) is 5.75 Å². The Morgan fingerprint density at radius 2 is 1.89 bits per heavy atom. The van der Waals surface area contributed by atoms with Crippen molar-refractivity contribution in [3.8, 4) is 5.75 Å². The highest BCUT2D eigenvalue weighted by Crippen LogP contribution is 2.47. The monoisotopic (exact) mass is 387 g/mol. The molecule has 2 aliphatic rings. The number of amides is 1. The Kier molecular flexibility index (Phi) is 5.40. The molecule has 8 heteroatoms. The molecule has 0 bridgehead atoms. The zero-order valence-electron chi connectivity index (χ0n) is 15.3. The summed E-state index contributed by atoms with van der Waals surface area (Å²) in [6, 6.07) is 5.32. The highest BCUT2D eigenvalue weighted by molar-refractivity contribution is 6.00. The molecule has 0 radical (unpaired) electrons. The highest BCUT2D eigenvalue weighted by atomic mass is 19.4. The molecule has 5 nitrogen and oxygen atoms in total. The van der Waals surface area contributed by atoms with Gasteiger partial charge in [0, 0.05) is 12.2 Å². The number of hydrogen-bond acceptors (Lipinski definition) is 4. The number of carbonyl (C=O) groups excluding carboxylic acids is 1. The summed E-state index contributed by atoms with van der Waals surface area (Å²) in [6.45, 7) is 4.27. The van der Waals surface area contributed by atoms with Crippen molar-refractivity contribution in [2.75, 3.05) is 11.4 Å². The van der Waals surface area contributed by atoms with Crippen LogP contribution in [-0.2, 0) is 9.53 Å². The first-order valence-corrected chi connectivity index (χ1v) is 9.11. The fraction of sp³-hybridized carbons (Fsp3) is 0.632. The van der Waals surface area contributed by atoms with Crippen LogP contribution >= 0.6 is 0 Å². The summed E-state index contributed by atoms with van der Waals surface area (Å²) in [5, 5.41) is 10.2. The maximum atomic E-state index is 13.1. The second kappa shape index (κ2) is 7.31. The fourth-order valence-electron chi connectivity index (χ4n) is 4.04. The third-order valence-corrected chi connectivity index (χ3v) is 5.28. The van der Waals surface area contributed by atoms with Gasteiger partial charge in [-0.15, -0.1) is 13.2 Å². The Hall–Kier alpha value is -1.80. The van der Waals surface area contributed by atoms with Gasteiger partial charge in [-0.1, -0.05) is 0 Å². The molecule has 2 fully saturated rings. The van der Waals surface area contributed by atoms with E-state index in [2.05, 4.69) is 4.74 Å². The molecular formula is C19H24F3NO4. The number of carbonyl (C=O) groups is 1. The minimum Gasteiger partial charge on any atom is -0.406 e. The molecule has 27 heavy (non-hydrogen) atoms. The lowest BCUT2D eigenvalue weighted by Gasteiger charge is -2.39. The van der Waals surface area contributed by atoms with Gasteiger partial charge in [0.25, 0.3) is 0 Å². The molecule has 1 aromatic carbocycles. The summed E-state index contributed by atoms with van der Waals surface area (Å²) in [4.78, 5) is 14.7. The Bertz CT molecular complexity index is 677. The van der Waals surface area contributed by atoms with Crippen molar-refractivity contribution in [3.05, 3.63) is 24.3 Å². The number of aliphatic hydroxyl groups excluding tert-OH is 1. The lowest BCUT2D eigenvalue weighted by Crippen LogP contribution is -2.46. The second-order valence-electron chi connectivity index (χ2n) is 7.56. The van der Waals surface area contributed by atoms with Crippen LogP contribution in [0.15, 0.2) is 24.3 Å². The maximum Gasteiger partial charge on any atom is 0.573 e. The third kappa shape index (κ3) is 4.38. The lowest BCUT2D eigenvalue weighted by molar-refractivity contribution is -0.274.